The number of ether oxygens (including phenoxy) is 3. The lowest BCUT2D eigenvalue weighted by Crippen LogP contribution is -2.43. The summed E-state index contributed by atoms with van der Waals surface area (Å²) in [4.78, 5) is 23.0. The van der Waals surface area contributed by atoms with E-state index in [4.69, 9.17) is 14.7 Å². The Hall–Kier alpha value is -1.65. The van der Waals surface area contributed by atoms with Crippen LogP contribution in [0.3, 0.4) is 0 Å². The third kappa shape index (κ3) is 8.99. The highest BCUT2D eigenvalue weighted by Crippen LogP contribution is 2.02. The van der Waals surface area contributed by atoms with Crippen molar-refractivity contribution in [1.29, 1.82) is 5.26 Å². The van der Waals surface area contributed by atoms with E-state index in [-0.39, 0.29) is 6.61 Å². The first-order valence-electron chi connectivity index (χ1n) is 5.96. The summed E-state index contributed by atoms with van der Waals surface area (Å²) in [7, 11) is 2.78. The third-order valence-electron chi connectivity index (χ3n) is 2.27. The number of methoxy groups -OCH3 is 2. The molecule has 0 saturated heterocycles. The normalized spacial score (nSPS) is 11.4. The second kappa shape index (κ2) is 11.4. The third-order valence-corrected chi connectivity index (χ3v) is 2.27. The molecule has 0 saturated carbocycles. The molecule has 0 aliphatic rings. The maximum atomic E-state index is 11.5. The molecule has 0 aromatic carbocycles. The van der Waals surface area contributed by atoms with Gasteiger partial charge in [0.2, 0.25) is 5.91 Å². The van der Waals surface area contributed by atoms with Crippen LogP contribution in [0.5, 0.6) is 0 Å². The van der Waals surface area contributed by atoms with Gasteiger partial charge in [-0.05, 0) is 12.8 Å². The molecule has 0 rings (SSSR count). The average Bonchev–Trinajstić information content (AvgIpc) is 2.42. The summed E-state index contributed by atoms with van der Waals surface area (Å²) in [5.41, 5.74) is 0. The van der Waals surface area contributed by atoms with Crippen molar-refractivity contribution in [3.8, 4) is 6.07 Å². The fourth-order valence-electron chi connectivity index (χ4n) is 1.32. The Morgan fingerprint density at radius 2 is 2.05 bits per heavy atom. The number of nitrogens with one attached hydrogen (secondary N) is 1. The number of amides is 1. The van der Waals surface area contributed by atoms with Crippen LogP contribution in [0.4, 0.5) is 0 Å². The molecule has 0 fully saturated rings. The van der Waals surface area contributed by atoms with Crippen LogP contribution in [0.25, 0.3) is 0 Å². The van der Waals surface area contributed by atoms with Gasteiger partial charge < -0.3 is 19.5 Å². The van der Waals surface area contributed by atoms with E-state index in [2.05, 4.69) is 10.1 Å². The number of carbonyl (C=O) groups is 2. The number of unbranched alkanes of at least 4 members (excludes halogenated alkanes) is 1. The number of rotatable bonds is 10. The van der Waals surface area contributed by atoms with Crippen LogP contribution in [-0.4, -0.2) is 52.0 Å². The van der Waals surface area contributed by atoms with Gasteiger partial charge in [-0.25, -0.2) is 4.79 Å². The molecule has 0 unspecified atom stereocenters. The van der Waals surface area contributed by atoms with Gasteiger partial charge in [-0.2, -0.15) is 5.26 Å². The molecule has 0 aromatic rings. The summed E-state index contributed by atoms with van der Waals surface area (Å²) >= 11 is 0. The maximum Gasteiger partial charge on any atom is 0.328 e. The fraction of sp³-hybridized carbons (Fsp3) is 0.750. The summed E-state index contributed by atoms with van der Waals surface area (Å²) in [6, 6.07) is 1.24. The Bertz CT molecular complexity index is 314. The first-order valence-corrected chi connectivity index (χ1v) is 5.96. The van der Waals surface area contributed by atoms with E-state index in [1.807, 2.05) is 6.07 Å². The molecule has 0 aliphatic heterocycles. The summed E-state index contributed by atoms with van der Waals surface area (Å²) in [5, 5.41) is 11.0. The number of hydrogen-bond donors (Lipinski definition) is 1. The van der Waals surface area contributed by atoms with Crippen molar-refractivity contribution < 1.29 is 23.8 Å². The van der Waals surface area contributed by atoms with Crippen LogP contribution in [0, 0.1) is 11.3 Å². The van der Waals surface area contributed by atoms with E-state index in [1.54, 1.807) is 0 Å². The Morgan fingerprint density at radius 1 is 1.32 bits per heavy atom. The quantitative estimate of drug-likeness (QED) is 0.444. The molecule has 0 spiro atoms. The van der Waals surface area contributed by atoms with Crippen molar-refractivity contribution in [2.75, 3.05) is 34.0 Å². The first kappa shape index (κ1) is 17.4. The van der Waals surface area contributed by atoms with Crippen LogP contribution in [0.15, 0.2) is 0 Å². The highest BCUT2D eigenvalue weighted by molar-refractivity contribution is 5.84. The lowest BCUT2D eigenvalue weighted by molar-refractivity contribution is -0.146. The van der Waals surface area contributed by atoms with Crippen LogP contribution >= 0.6 is 0 Å². The molecule has 108 valence electrons. The molecule has 19 heavy (non-hydrogen) atoms. The Balaban J connectivity index is 4.05. The van der Waals surface area contributed by atoms with Crippen molar-refractivity contribution in [2.24, 2.45) is 0 Å². The zero-order valence-electron chi connectivity index (χ0n) is 11.3. The van der Waals surface area contributed by atoms with Gasteiger partial charge in [0.15, 0.2) is 0 Å². The molecular formula is C12H20N2O5. The Kier molecular flexibility index (Phi) is 10.4. The van der Waals surface area contributed by atoms with Crippen LogP contribution in [0.2, 0.25) is 0 Å². The van der Waals surface area contributed by atoms with Crippen LogP contribution < -0.4 is 5.32 Å². The Morgan fingerprint density at radius 3 is 2.63 bits per heavy atom. The molecule has 7 nitrogen and oxygen atoms in total. The van der Waals surface area contributed by atoms with Gasteiger partial charge in [0.25, 0.3) is 0 Å². The number of carbonyl (C=O) groups excluding carboxylic acids is 2. The van der Waals surface area contributed by atoms with Crippen LogP contribution in [0.1, 0.15) is 19.3 Å². The number of esters is 1. The fourth-order valence-corrected chi connectivity index (χ4v) is 1.32. The number of nitriles is 1. The predicted octanol–water partition coefficient (Wildman–Crippen LogP) is 0.00108. The minimum absolute atomic E-state index is 0.144. The molecule has 0 heterocycles. The van der Waals surface area contributed by atoms with Crippen molar-refractivity contribution in [2.45, 2.75) is 25.3 Å². The minimum Gasteiger partial charge on any atom is -0.467 e. The summed E-state index contributed by atoms with van der Waals surface area (Å²) in [6.45, 7) is 0.562. The van der Waals surface area contributed by atoms with Crippen LogP contribution in [-0.2, 0) is 23.8 Å². The van der Waals surface area contributed by atoms with Gasteiger partial charge in [-0.3, -0.25) is 4.79 Å². The molecule has 0 aromatic heterocycles. The van der Waals surface area contributed by atoms with E-state index in [0.29, 0.717) is 32.5 Å². The van der Waals surface area contributed by atoms with E-state index in [9.17, 15) is 9.59 Å². The van der Waals surface area contributed by atoms with E-state index < -0.39 is 17.9 Å². The maximum absolute atomic E-state index is 11.5. The number of nitrogens with zero attached hydrogens (tertiary/aromatic N) is 1. The SMILES string of the molecule is COCCOCC(=O)N[C@@H](CCCC#N)C(=O)OC. The molecule has 7 heteroatoms. The summed E-state index contributed by atoms with van der Waals surface area (Å²) < 4.78 is 14.4. The van der Waals surface area contributed by atoms with Gasteiger partial charge in [0, 0.05) is 13.5 Å². The zero-order valence-corrected chi connectivity index (χ0v) is 11.3. The molecule has 1 atom stereocenters. The molecular weight excluding hydrogens is 252 g/mol. The molecule has 0 aliphatic carbocycles. The summed E-state index contributed by atoms with van der Waals surface area (Å²) in [5.74, 6) is -0.924. The lowest BCUT2D eigenvalue weighted by Gasteiger charge is -2.15. The van der Waals surface area contributed by atoms with E-state index in [1.165, 1.54) is 14.2 Å². The smallest absolute Gasteiger partial charge is 0.328 e. The van der Waals surface area contributed by atoms with Gasteiger partial charge in [-0.15, -0.1) is 0 Å². The topological polar surface area (TPSA) is 97.6 Å². The second-order valence-corrected chi connectivity index (χ2v) is 3.74. The van der Waals surface area contributed by atoms with Crippen molar-refractivity contribution in [1.82, 2.24) is 5.32 Å². The van der Waals surface area contributed by atoms with Gasteiger partial charge in [-0.1, -0.05) is 0 Å². The van der Waals surface area contributed by atoms with Gasteiger partial charge >= 0.3 is 5.97 Å². The average molecular weight is 272 g/mol. The van der Waals surface area contributed by atoms with Crippen molar-refractivity contribution in [3.05, 3.63) is 0 Å². The first-order chi connectivity index (χ1) is 9.15. The highest BCUT2D eigenvalue weighted by Gasteiger charge is 2.20. The van der Waals surface area contributed by atoms with Crippen molar-refractivity contribution >= 4 is 11.9 Å². The highest BCUT2D eigenvalue weighted by atomic mass is 16.5. The zero-order chi connectivity index (χ0) is 14.5. The lowest BCUT2D eigenvalue weighted by atomic mass is 10.1. The van der Waals surface area contributed by atoms with Gasteiger partial charge in [0.05, 0.1) is 26.4 Å². The second-order valence-electron chi connectivity index (χ2n) is 3.74. The molecule has 0 radical (unpaired) electrons. The van der Waals surface area contributed by atoms with Gasteiger partial charge in [0.1, 0.15) is 12.6 Å². The standard InChI is InChI=1S/C12H20N2O5/c1-17-7-8-19-9-11(15)14-10(12(16)18-2)5-3-4-6-13/h10H,3-5,7-9H2,1-2H3,(H,14,15)/t10-/m0/s1. The Labute approximate surface area is 112 Å². The molecule has 1 amide bonds. The molecule has 0 bridgehead atoms. The monoisotopic (exact) mass is 272 g/mol. The van der Waals surface area contributed by atoms with E-state index in [0.717, 1.165) is 0 Å². The predicted molar refractivity (Wildman–Crippen MR) is 66.1 cm³/mol. The number of hydrogen-bond acceptors (Lipinski definition) is 6. The summed E-state index contributed by atoms with van der Waals surface area (Å²) in [6.07, 6.45) is 1.21. The largest absolute Gasteiger partial charge is 0.467 e. The van der Waals surface area contributed by atoms with E-state index >= 15 is 0 Å². The minimum atomic E-state index is -0.739. The van der Waals surface area contributed by atoms with Crippen molar-refractivity contribution in [3.63, 3.8) is 0 Å². The molecule has 1 N–H and O–H groups in total.